The van der Waals surface area contributed by atoms with E-state index in [1.165, 1.54) is 12.1 Å². The molecule has 3 heteroatoms. The molecular weight excluding hydrogens is 259 g/mol. The van der Waals surface area contributed by atoms with Gasteiger partial charge in [-0.3, -0.25) is 0 Å². The van der Waals surface area contributed by atoms with Crippen LogP contribution in [0, 0.1) is 11.9 Å². The first-order valence-corrected chi connectivity index (χ1v) is 5.14. The predicted octanol–water partition coefficient (Wildman–Crippen LogP) is 4.18. The zero-order valence-corrected chi connectivity index (χ0v) is 9.29. The number of ether oxygens (including phenoxy) is 1. The van der Waals surface area contributed by atoms with Gasteiger partial charge in [-0.2, -0.15) is 0 Å². The third-order valence-corrected chi connectivity index (χ3v) is 2.26. The lowest BCUT2D eigenvalue weighted by Gasteiger charge is -2.04. The topological polar surface area (TPSA) is 9.23 Å². The number of hydrogen-bond acceptors (Lipinski definition) is 1. The highest BCUT2D eigenvalue weighted by atomic mass is 79.9. The normalized spacial score (nSPS) is 10.0. The summed E-state index contributed by atoms with van der Waals surface area (Å²) < 4.78 is 19.2. The maximum absolute atomic E-state index is 12.8. The Balaban J connectivity index is 2.18. The summed E-state index contributed by atoms with van der Waals surface area (Å²) in [4.78, 5) is 0. The van der Waals surface area contributed by atoms with E-state index in [4.69, 9.17) is 4.74 Å². The highest BCUT2D eigenvalue weighted by Crippen LogP contribution is 2.22. The van der Waals surface area contributed by atoms with E-state index in [9.17, 15) is 4.39 Å². The fourth-order valence-electron chi connectivity index (χ4n) is 1.11. The first-order chi connectivity index (χ1) is 7.24. The molecule has 0 amide bonds. The molecular formula is C12H7BrFO. The van der Waals surface area contributed by atoms with Crippen LogP contribution in [-0.2, 0) is 0 Å². The summed E-state index contributed by atoms with van der Waals surface area (Å²) >= 11 is 3.30. The van der Waals surface area contributed by atoms with Gasteiger partial charge in [0.25, 0.3) is 0 Å². The van der Waals surface area contributed by atoms with E-state index >= 15 is 0 Å². The van der Waals surface area contributed by atoms with E-state index in [1.807, 2.05) is 6.07 Å². The SMILES string of the molecule is Fc1cccc(Oc2[c]cc(Br)cc2)c1. The summed E-state index contributed by atoms with van der Waals surface area (Å²) in [6, 6.07) is 14.3. The Hall–Kier alpha value is -1.35. The van der Waals surface area contributed by atoms with Crippen LogP contribution in [0.15, 0.2) is 46.9 Å². The molecule has 2 aromatic carbocycles. The van der Waals surface area contributed by atoms with Crippen molar-refractivity contribution in [2.75, 3.05) is 0 Å². The first-order valence-electron chi connectivity index (χ1n) is 4.35. The Kier molecular flexibility index (Phi) is 3.02. The molecule has 2 aromatic rings. The predicted molar refractivity (Wildman–Crippen MR) is 59.5 cm³/mol. The average molecular weight is 266 g/mol. The van der Waals surface area contributed by atoms with Crippen LogP contribution in [0.3, 0.4) is 0 Å². The van der Waals surface area contributed by atoms with Crippen LogP contribution < -0.4 is 4.74 Å². The summed E-state index contributed by atoms with van der Waals surface area (Å²) in [5.74, 6) is 0.710. The van der Waals surface area contributed by atoms with Gasteiger partial charge < -0.3 is 4.74 Å². The van der Waals surface area contributed by atoms with Crippen LogP contribution in [0.25, 0.3) is 0 Å². The molecule has 0 saturated carbocycles. The van der Waals surface area contributed by atoms with Crippen LogP contribution in [0.2, 0.25) is 0 Å². The number of benzene rings is 2. The smallest absolute Gasteiger partial charge is 0.135 e. The molecule has 0 N–H and O–H groups in total. The Morgan fingerprint density at radius 1 is 1.20 bits per heavy atom. The minimum atomic E-state index is -0.315. The van der Waals surface area contributed by atoms with Crippen LogP contribution in [0.4, 0.5) is 4.39 Å². The van der Waals surface area contributed by atoms with E-state index in [1.54, 1.807) is 24.3 Å². The Morgan fingerprint density at radius 2 is 2.07 bits per heavy atom. The van der Waals surface area contributed by atoms with Gasteiger partial charge in [-0.25, -0.2) is 4.39 Å². The molecule has 0 spiro atoms. The molecule has 0 heterocycles. The Morgan fingerprint density at radius 3 is 2.73 bits per heavy atom. The van der Waals surface area contributed by atoms with E-state index in [2.05, 4.69) is 22.0 Å². The summed E-state index contributed by atoms with van der Waals surface area (Å²) in [6.45, 7) is 0. The molecule has 0 aromatic heterocycles. The molecule has 0 aliphatic carbocycles. The lowest BCUT2D eigenvalue weighted by molar-refractivity contribution is 0.475. The van der Waals surface area contributed by atoms with Crippen molar-refractivity contribution in [2.45, 2.75) is 0 Å². The molecule has 0 saturated heterocycles. The average Bonchev–Trinajstić information content (AvgIpc) is 2.22. The van der Waals surface area contributed by atoms with Crippen molar-refractivity contribution in [3.05, 3.63) is 58.8 Å². The fourth-order valence-corrected chi connectivity index (χ4v) is 1.36. The highest BCUT2D eigenvalue weighted by Gasteiger charge is 1.98. The lowest BCUT2D eigenvalue weighted by atomic mass is 10.3. The van der Waals surface area contributed by atoms with E-state index in [0.717, 1.165) is 4.47 Å². The molecule has 15 heavy (non-hydrogen) atoms. The lowest BCUT2D eigenvalue weighted by Crippen LogP contribution is -1.84. The quantitative estimate of drug-likeness (QED) is 0.792. The molecule has 2 rings (SSSR count). The zero-order valence-electron chi connectivity index (χ0n) is 7.71. The van der Waals surface area contributed by atoms with Crippen molar-refractivity contribution >= 4 is 15.9 Å². The second-order valence-corrected chi connectivity index (χ2v) is 3.85. The minimum absolute atomic E-state index is 0.315. The van der Waals surface area contributed by atoms with Crippen LogP contribution >= 0.6 is 15.9 Å². The molecule has 0 aliphatic rings. The standard InChI is InChI=1S/C12H7BrFO/c13-9-4-6-11(7-5-9)15-12-3-1-2-10(14)8-12/h1-6,8H. The first kappa shape index (κ1) is 10.2. The monoisotopic (exact) mass is 265 g/mol. The molecule has 0 fully saturated rings. The highest BCUT2D eigenvalue weighted by molar-refractivity contribution is 9.10. The summed E-state index contributed by atoms with van der Waals surface area (Å²) in [6.07, 6.45) is 0. The van der Waals surface area contributed by atoms with E-state index in [0.29, 0.717) is 11.5 Å². The van der Waals surface area contributed by atoms with Gasteiger partial charge in [0, 0.05) is 16.6 Å². The third-order valence-electron chi connectivity index (χ3n) is 1.77. The molecule has 0 aliphatic heterocycles. The Labute approximate surface area is 95.6 Å². The zero-order chi connectivity index (χ0) is 10.7. The van der Waals surface area contributed by atoms with Crippen LogP contribution in [-0.4, -0.2) is 0 Å². The van der Waals surface area contributed by atoms with Gasteiger partial charge in [0.15, 0.2) is 0 Å². The molecule has 0 atom stereocenters. The fraction of sp³-hybridized carbons (Fsp3) is 0. The number of hydrogen-bond donors (Lipinski definition) is 0. The largest absolute Gasteiger partial charge is 0.457 e. The summed E-state index contributed by atoms with van der Waals surface area (Å²) in [5, 5.41) is 0. The maximum atomic E-state index is 12.8. The maximum Gasteiger partial charge on any atom is 0.135 e. The van der Waals surface area contributed by atoms with Gasteiger partial charge in [0.1, 0.15) is 17.3 Å². The molecule has 1 nitrogen and oxygen atoms in total. The minimum Gasteiger partial charge on any atom is -0.457 e. The van der Waals surface area contributed by atoms with Crippen molar-refractivity contribution in [2.24, 2.45) is 0 Å². The van der Waals surface area contributed by atoms with Gasteiger partial charge in [-0.05, 0) is 30.3 Å². The number of rotatable bonds is 2. The number of halogens is 2. The van der Waals surface area contributed by atoms with Crippen molar-refractivity contribution in [1.29, 1.82) is 0 Å². The summed E-state index contributed by atoms with van der Waals surface area (Å²) in [5.41, 5.74) is 0. The van der Waals surface area contributed by atoms with Gasteiger partial charge in [0.05, 0.1) is 0 Å². The van der Waals surface area contributed by atoms with Gasteiger partial charge in [-0.15, -0.1) is 0 Å². The van der Waals surface area contributed by atoms with Crippen molar-refractivity contribution in [1.82, 2.24) is 0 Å². The van der Waals surface area contributed by atoms with E-state index in [-0.39, 0.29) is 5.82 Å². The summed E-state index contributed by atoms with van der Waals surface area (Å²) in [7, 11) is 0. The molecule has 1 radical (unpaired) electrons. The van der Waals surface area contributed by atoms with Crippen molar-refractivity contribution < 1.29 is 9.13 Å². The molecule has 0 unspecified atom stereocenters. The molecule has 75 valence electrons. The van der Waals surface area contributed by atoms with E-state index < -0.39 is 0 Å². The molecule has 0 bridgehead atoms. The second-order valence-electron chi connectivity index (χ2n) is 2.93. The second kappa shape index (κ2) is 4.45. The Bertz CT molecular complexity index is 453. The van der Waals surface area contributed by atoms with Crippen LogP contribution in [0.1, 0.15) is 0 Å². The van der Waals surface area contributed by atoms with Crippen molar-refractivity contribution in [3.8, 4) is 11.5 Å². The van der Waals surface area contributed by atoms with Crippen molar-refractivity contribution in [3.63, 3.8) is 0 Å². The van der Waals surface area contributed by atoms with Gasteiger partial charge >= 0.3 is 0 Å². The van der Waals surface area contributed by atoms with Gasteiger partial charge in [-0.1, -0.05) is 22.0 Å². The van der Waals surface area contributed by atoms with Crippen LogP contribution in [0.5, 0.6) is 11.5 Å². The third kappa shape index (κ3) is 2.80. The van der Waals surface area contributed by atoms with Gasteiger partial charge in [0.2, 0.25) is 0 Å².